The molecule has 1 heterocycles. The molecule has 0 bridgehead atoms. The number of amides is 3. The molecule has 0 radical (unpaired) electrons. The average molecular weight is 337 g/mol. The smallest absolute Gasteiger partial charge is 0.315 e. The minimum absolute atomic E-state index is 0.0326. The first-order valence-corrected chi connectivity index (χ1v) is 8.52. The first kappa shape index (κ1) is 17.0. The lowest BCUT2D eigenvalue weighted by atomic mass is 10.1. The Morgan fingerprint density at radius 3 is 2.48 bits per heavy atom. The van der Waals surface area contributed by atoms with Crippen LogP contribution >= 0.6 is 0 Å². The van der Waals surface area contributed by atoms with Gasteiger partial charge in [-0.05, 0) is 31.5 Å². The second-order valence-electron chi connectivity index (χ2n) is 6.49. The highest BCUT2D eigenvalue weighted by atomic mass is 16.2. The quantitative estimate of drug-likeness (QED) is 0.900. The van der Waals surface area contributed by atoms with Gasteiger partial charge in [-0.1, -0.05) is 48.0 Å². The highest BCUT2D eigenvalue weighted by Crippen LogP contribution is 2.22. The molecule has 2 aromatic rings. The van der Waals surface area contributed by atoms with Crippen LogP contribution < -0.4 is 15.5 Å². The zero-order valence-corrected chi connectivity index (χ0v) is 14.5. The van der Waals surface area contributed by atoms with Crippen LogP contribution in [0.2, 0.25) is 0 Å². The van der Waals surface area contributed by atoms with Crippen molar-refractivity contribution in [2.24, 2.45) is 0 Å². The van der Waals surface area contributed by atoms with Crippen molar-refractivity contribution < 1.29 is 9.59 Å². The van der Waals surface area contributed by atoms with Crippen molar-refractivity contribution in [3.63, 3.8) is 0 Å². The molecule has 3 amide bonds. The second-order valence-corrected chi connectivity index (χ2v) is 6.49. The molecule has 130 valence electrons. The molecule has 1 aliphatic rings. The van der Waals surface area contributed by atoms with Crippen molar-refractivity contribution in [2.75, 3.05) is 11.4 Å². The predicted octanol–water partition coefficient (Wildman–Crippen LogP) is 3.16. The summed E-state index contributed by atoms with van der Waals surface area (Å²) in [4.78, 5) is 26.2. The lowest BCUT2D eigenvalue weighted by Gasteiger charge is -2.19. The van der Waals surface area contributed by atoms with E-state index in [0.29, 0.717) is 13.0 Å². The average Bonchev–Trinajstić information content (AvgIpc) is 2.96. The minimum Gasteiger partial charge on any atom is -0.333 e. The van der Waals surface area contributed by atoms with Crippen molar-refractivity contribution in [2.45, 2.75) is 32.4 Å². The van der Waals surface area contributed by atoms with Gasteiger partial charge in [-0.2, -0.15) is 0 Å². The van der Waals surface area contributed by atoms with E-state index in [1.165, 1.54) is 0 Å². The van der Waals surface area contributed by atoms with Gasteiger partial charge in [0.05, 0.1) is 12.1 Å². The van der Waals surface area contributed by atoms with Crippen molar-refractivity contribution in [1.29, 1.82) is 0 Å². The maximum atomic E-state index is 12.2. The van der Waals surface area contributed by atoms with E-state index in [0.717, 1.165) is 16.8 Å². The Balaban J connectivity index is 1.56. The Morgan fingerprint density at radius 1 is 1.12 bits per heavy atom. The molecule has 5 heteroatoms. The molecule has 3 rings (SSSR count). The van der Waals surface area contributed by atoms with E-state index in [9.17, 15) is 9.59 Å². The van der Waals surface area contributed by atoms with Crippen LogP contribution in [0.25, 0.3) is 0 Å². The van der Waals surface area contributed by atoms with E-state index in [-0.39, 0.29) is 24.0 Å². The number of hydrogen-bond acceptors (Lipinski definition) is 2. The van der Waals surface area contributed by atoms with Gasteiger partial charge in [0.15, 0.2) is 0 Å². The summed E-state index contributed by atoms with van der Waals surface area (Å²) in [6, 6.07) is 17.1. The Kier molecular flexibility index (Phi) is 5.03. The van der Waals surface area contributed by atoms with Crippen molar-refractivity contribution >= 4 is 17.6 Å². The molecule has 25 heavy (non-hydrogen) atoms. The highest BCUT2D eigenvalue weighted by Gasteiger charge is 2.31. The zero-order valence-electron chi connectivity index (χ0n) is 14.5. The molecule has 1 fully saturated rings. The molecule has 0 aliphatic carbocycles. The van der Waals surface area contributed by atoms with Crippen LogP contribution in [0.15, 0.2) is 54.6 Å². The summed E-state index contributed by atoms with van der Waals surface area (Å²) < 4.78 is 0. The van der Waals surface area contributed by atoms with Crippen LogP contribution in [0, 0.1) is 6.92 Å². The molecular formula is C20H23N3O2. The molecule has 5 nitrogen and oxygen atoms in total. The number of rotatable bonds is 4. The van der Waals surface area contributed by atoms with E-state index in [1.807, 2.05) is 68.4 Å². The fourth-order valence-corrected chi connectivity index (χ4v) is 3.03. The van der Waals surface area contributed by atoms with Gasteiger partial charge in [0.2, 0.25) is 5.91 Å². The summed E-state index contributed by atoms with van der Waals surface area (Å²) in [5.74, 6) is 0.0326. The molecule has 2 unspecified atom stereocenters. The van der Waals surface area contributed by atoms with Crippen molar-refractivity contribution in [1.82, 2.24) is 10.6 Å². The van der Waals surface area contributed by atoms with Gasteiger partial charge in [-0.15, -0.1) is 0 Å². The molecular weight excluding hydrogens is 314 g/mol. The third-order valence-electron chi connectivity index (χ3n) is 4.45. The van der Waals surface area contributed by atoms with Gasteiger partial charge in [0, 0.05) is 18.7 Å². The fourth-order valence-electron chi connectivity index (χ4n) is 3.03. The number of hydrogen-bond donors (Lipinski definition) is 2. The molecule has 2 atom stereocenters. The van der Waals surface area contributed by atoms with Crippen LogP contribution in [0.5, 0.6) is 0 Å². The first-order chi connectivity index (χ1) is 12.0. The number of aryl methyl sites for hydroxylation is 1. The Morgan fingerprint density at radius 2 is 1.80 bits per heavy atom. The number of nitrogens with zero attached hydrogens (tertiary/aromatic N) is 1. The Hall–Kier alpha value is -2.82. The van der Waals surface area contributed by atoms with Gasteiger partial charge in [0.1, 0.15) is 0 Å². The summed E-state index contributed by atoms with van der Waals surface area (Å²) >= 11 is 0. The predicted molar refractivity (Wildman–Crippen MR) is 98.5 cm³/mol. The van der Waals surface area contributed by atoms with Crippen LogP contribution in [0.4, 0.5) is 10.5 Å². The normalized spacial score (nSPS) is 18.1. The van der Waals surface area contributed by atoms with Crippen molar-refractivity contribution in [3.8, 4) is 0 Å². The molecule has 1 aliphatic heterocycles. The summed E-state index contributed by atoms with van der Waals surface area (Å²) in [6.45, 7) is 4.44. The monoisotopic (exact) mass is 337 g/mol. The molecule has 0 aromatic heterocycles. The fraction of sp³-hybridized carbons (Fsp3) is 0.300. The third kappa shape index (κ3) is 4.18. The first-order valence-electron chi connectivity index (χ1n) is 8.52. The standard InChI is InChI=1S/C20H23N3O2/c1-14-8-10-18(11-9-14)23-13-17(12-19(23)24)22-20(25)21-15(2)16-6-4-3-5-7-16/h3-11,15,17H,12-13H2,1-2H3,(H2,21,22,25). The summed E-state index contributed by atoms with van der Waals surface area (Å²) in [6.07, 6.45) is 0.320. The minimum atomic E-state index is -0.250. The highest BCUT2D eigenvalue weighted by molar-refractivity contribution is 5.96. The van der Waals surface area contributed by atoms with Crippen LogP contribution in [-0.4, -0.2) is 24.5 Å². The van der Waals surface area contributed by atoms with Crippen LogP contribution in [0.3, 0.4) is 0 Å². The Labute approximate surface area is 148 Å². The lowest BCUT2D eigenvalue weighted by molar-refractivity contribution is -0.117. The van der Waals surface area contributed by atoms with Gasteiger partial charge in [-0.3, -0.25) is 4.79 Å². The van der Waals surface area contributed by atoms with Gasteiger partial charge >= 0.3 is 6.03 Å². The van der Waals surface area contributed by atoms with E-state index in [4.69, 9.17) is 0 Å². The number of carbonyl (C=O) groups excluding carboxylic acids is 2. The topological polar surface area (TPSA) is 61.4 Å². The number of anilines is 1. The number of nitrogens with one attached hydrogen (secondary N) is 2. The molecule has 0 spiro atoms. The third-order valence-corrected chi connectivity index (χ3v) is 4.45. The molecule has 2 N–H and O–H groups in total. The van der Waals surface area contributed by atoms with E-state index in [1.54, 1.807) is 4.90 Å². The van der Waals surface area contributed by atoms with Gasteiger partial charge in [0.25, 0.3) is 0 Å². The number of urea groups is 1. The summed E-state index contributed by atoms with van der Waals surface area (Å²) in [5.41, 5.74) is 3.07. The summed E-state index contributed by atoms with van der Waals surface area (Å²) in [7, 11) is 0. The number of benzene rings is 2. The van der Waals surface area contributed by atoms with E-state index < -0.39 is 0 Å². The van der Waals surface area contributed by atoms with E-state index in [2.05, 4.69) is 10.6 Å². The zero-order chi connectivity index (χ0) is 17.8. The SMILES string of the molecule is Cc1ccc(N2CC(NC(=O)NC(C)c3ccccc3)CC2=O)cc1. The Bertz CT molecular complexity index is 743. The van der Waals surface area contributed by atoms with Crippen LogP contribution in [0.1, 0.15) is 30.5 Å². The second kappa shape index (κ2) is 7.38. The van der Waals surface area contributed by atoms with E-state index >= 15 is 0 Å². The van der Waals surface area contributed by atoms with Gasteiger partial charge < -0.3 is 15.5 Å². The maximum Gasteiger partial charge on any atom is 0.315 e. The maximum absolute atomic E-state index is 12.2. The van der Waals surface area contributed by atoms with Crippen LogP contribution in [-0.2, 0) is 4.79 Å². The number of carbonyl (C=O) groups is 2. The molecule has 2 aromatic carbocycles. The molecule has 0 saturated carbocycles. The van der Waals surface area contributed by atoms with Gasteiger partial charge in [-0.25, -0.2) is 4.79 Å². The lowest BCUT2D eigenvalue weighted by Crippen LogP contribution is -2.44. The largest absolute Gasteiger partial charge is 0.333 e. The summed E-state index contributed by atoms with van der Waals surface area (Å²) in [5, 5.41) is 5.83. The van der Waals surface area contributed by atoms with Crippen molar-refractivity contribution in [3.05, 3.63) is 65.7 Å². The molecule has 1 saturated heterocycles.